The van der Waals surface area contributed by atoms with Gasteiger partial charge in [0.15, 0.2) is 0 Å². The molecule has 3 aliphatic rings. The molecule has 0 saturated carbocycles. The number of ether oxygens (including phenoxy) is 2. The zero-order valence-electron chi connectivity index (χ0n) is 15.8. The van der Waals surface area contributed by atoms with Crippen LogP contribution in [0.2, 0.25) is 0 Å². The zero-order valence-corrected chi connectivity index (χ0v) is 15.8. The highest BCUT2D eigenvalue weighted by atomic mass is 16.6. The largest absolute Gasteiger partial charge is 0.384 e. The molecule has 7 nitrogen and oxygen atoms in total. The van der Waals surface area contributed by atoms with Gasteiger partial charge in [0, 0.05) is 44.5 Å². The van der Waals surface area contributed by atoms with Crippen molar-refractivity contribution in [3.8, 4) is 0 Å². The molecule has 2 unspecified atom stereocenters. The number of aromatic nitrogens is 2. The summed E-state index contributed by atoms with van der Waals surface area (Å²) in [6, 6.07) is 2.13. The fourth-order valence-electron chi connectivity index (χ4n) is 4.45. The minimum absolute atomic E-state index is 0.365. The zero-order chi connectivity index (χ0) is 18.1. The van der Waals surface area contributed by atoms with E-state index in [0.717, 1.165) is 37.7 Å². The quantitative estimate of drug-likeness (QED) is 0.847. The lowest BCUT2D eigenvalue weighted by molar-refractivity contribution is -0.0719. The SMILES string of the molecule is CC(C)c1cc(N2CC3CN(CC4(O)COCCOC4)CC3C2)ncn1. The summed E-state index contributed by atoms with van der Waals surface area (Å²) < 4.78 is 11.0. The van der Waals surface area contributed by atoms with E-state index in [9.17, 15) is 5.11 Å². The summed E-state index contributed by atoms with van der Waals surface area (Å²) in [5.41, 5.74) is 0.220. The lowest BCUT2D eigenvalue weighted by Gasteiger charge is -2.31. The maximum Gasteiger partial charge on any atom is 0.132 e. The van der Waals surface area contributed by atoms with E-state index in [2.05, 4.69) is 39.7 Å². The molecule has 0 aliphatic carbocycles. The summed E-state index contributed by atoms with van der Waals surface area (Å²) in [4.78, 5) is 13.6. The van der Waals surface area contributed by atoms with E-state index >= 15 is 0 Å². The summed E-state index contributed by atoms with van der Waals surface area (Å²) in [5.74, 6) is 2.72. The first-order valence-electron chi connectivity index (χ1n) is 9.69. The predicted molar refractivity (Wildman–Crippen MR) is 98.3 cm³/mol. The first-order valence-corrected chi connectivity index (χ1v) is 9.69. The van der Waals surface area contributed by atoms with Crippen LogP contribution in [0.3, 0.4) is 0 Å². The van der Waals surface area contributed by atoms with Crippen LogP contribution in [-0.4, -0.2) is 84.7 Å². The van der Waals surface area contributed by atoms with Crippen LogP contribution in [0.25, 0.3) is 0 Å². The Kier molecular flexibility index (Phi) is 5.14. The number of hydrogen-bond donors (Lipinski definition) is 1. The van der Waals surface area contributed by atoms with Gasteiger partial charge in [-0.1, -0.05) is 13.8 Å². The van der Waals surface area contributed by atoms with Crippen LogP contribution in [-0.2, 0) is 9.47 Å². The Labute approximate surface area is 155 Å². The number of likely N-dealkylation sites (tertiary alicyclic amines) is 1. The molecule has 4 heterocycles. The van der Waals surface area contributed by atoms with Crippen LogP contribution < -0.4 is 4.90 Å². The lowest BCUT2D eigenvalue weighted by Crippen LogP contribution is -2.49. The van der Waals surface area contributed by atoms with Crippen molar-refractivity contribution in [3.05, 3.63) is 18.1 Å². The Morgan fingerprint density at radius 3 is 2.38 bits per heavy atom. The molecular formula is C19H30N4O3. The first-order chi connectivity index (χ1) is 12.5. The highest BCUT2D eigenvalue weighted by Crippen LogP contribution is 2.34. The van der Waals surface area contributed by atoms with Crippen molar-refractivity contribution in [2.45, 2.75) is 25.4 Å². The Morgan fingerprint density at radius 2 is 1.77 bits per heavy atom. The van der Waals surface area contributed by atoms with Crippen LogP contribution in [0.15, 0.2) is 12.4 Å². The van der Waals surface area contributed by atoms with Gasteiger partial charge in [-0.05, 0) is 17.8 Å². The average Bonchev–Trinajstić information content (AvgIpc) is 3.08. The molecule has 2 atom stereocenters. The van der Waals surface area contributed by atoms with Gasteiger partial charge in [-0.3, -0.25) is 4.90 Å². The molecule has 0 aromatic carbocycles. The second-order valence-corrected chi connectivity index (χ2v) is 8.40. The number of nitrogens with zero attached hydrogens (tertiary/aromatic N) is 4. The second-order valence-electron chi connectivity index (χ2n) is 8.40. The molecule has 1 N–H and O–H groups in total. The van der Waals surface area contributed by atoms with Gasteiger partial charge in [0.1, 0.15) is 17.7 Å². The molecular weight excluding hydrogens is 332 g/mol. The first kappa shape index (κ1) is 18.1. The van der Waals surface area contributed by atoms with E-state index in [1.54, 1.807) is 6.33 Å². The summed E-state index contributed by atoms with van der Waals surface area (Å²) in [5, 5.41) is 10.8. The smallest absolute Gasteiger partial charge is 0.132 e. The van der Waals surface area contributed by atoms with E-state index in [4.69, 9.17) is 9.47 Å². The Bertz CT molecular complexity index is 605. The van der Waals surface area contributed by atoms with E-state index < -0.39 is 5.60 Å². The third-order valence-corrected chi connectivity index (χ3v) is 5.78. The molecule has 7 heteroatoms. The van der Waals surface area contributed by atoms with Crippen LogP contribution in [0, 0.1) is 11.8 Å². The molecule has 3 saturated heterocycles. The van der Waals surface area contributed by atoms with Crippen LogP contribution >= 0.6 is 0 Å². The Balaban J connectivity index is 1.35. The standard InChI is InChI=1S/C19H30N4O3/c1-14(2)17-5-18(21-13-20-17)23-8-15-6-22(7-16(15)9-23)10-19(24)11-25-3-4-26-12-19/h5,13-16,24H,3-4,6-12H2,1-2H3. The van der Waals surface area contributed by atoms with Gasteiger partial charge in [0.05, 0.1) is 26.4 Å². The average molecular weight is 362 g/mol. The summed E-state index contributed by atoms with van der Waals surface area (Å²) in [6.45, 7) is 10.9. The van der Waals surface area contributed by atoms with Crippen LogP contribution in [0.5, 0.6) is 0 Å². The molecule has 1 aromatic rings. The van der Waals surface area contributed by atoms with E-state index in [-0.39, 0.29) is 0 Å². The molecule has 4 rings (SSSR count). The van der Waals surface area contributed by atoms with Gasteiger partial charge >= 0.3 is 0 Å². The van der Waals surface area contributed by atoms with Crippen molar-refractivity contribution in [2.75, 3.05) is 64.1 Å². The third-order valence-electron chi connectivity index (χ3n) is 5.78. The topological polar surface area (TPSA) is 71.0 Å². The van der Waals surface area contributed by atoms with Crippen molar-refractivity contribution in [2.24, 2.45) is 11.8 Å². The third kappa shape index (κ3) is 3.86. The number of aliphatic hydroxyl groups is 1. The summed E-state index contributed by atoms with van der Waals surface area (Å²) in [7, 11) is 0. The van der Waals surface area contributed by atoms with Gasteiger partial charge in [-0.25, -0.2) is 9.97 Å². The fourth-order valence-corrected chi connectivity index (χ4v) is 4.45. The fraction of sp³-hybridized carbons (Fsp3) is 0.789. The molecule has 3 aliphatic heterocycles. The van der Waals surface area contributed by atoms with Crippen molar-refractivity contribution < 1.29 is 14.6 Å². The molecule has 3 fully saturated rings. The Hall–Kier alpha value is -1.28. The molecule has 144 valence electrons. The minimum Gasteiger partial charge on any atom is -0.384 e. The number of β-amino-alcohol motifs (C(OH)–C–C–N with tert-alkyl or cyclic N) is 1. The monoisotopic (exact) mass is 362 g/mol. The minimum atomic E-state index is -0.881. The van der Waals surface area contributed by atoms with Crippen molar-refractivity contribution >= 4 is 5.82 Å². The number of rotatable bonds is 4. The van der Waals surface area contributed by atoms with E-state index in [0.29, 0.717) is 50.7 Å². The van der Waals surface area contributed by atoms with Crippen molar-refractivity contribution in [3.63, 3.8) is 0 Å². The highest BCUT2D eigenvalue weighted by molar-refractivity contribution is 5.41. The van der Waals surface area contributed by atoms with Crippen molar-refractivity contribution in [1.82, 2.24) is 14.9 Å². The van der Waals surface area contributed by atoms with Crippen LogP contribution in [0.4, 0.5) is 5.82 Å². The lowest BCUT2D eigenvalue weighted by atomic mass is 10.0. The number of anilines is 1. The Morgan fingerprint density at radius 1 is 1.12 bits per heavy atom. The van der Waals surface area contributed by atoms with Gasteiger partial charge < -0.3 is 19.5 Å². The highest BCUT2D eigenvalue weighted by Gasteiger charge is 2.43. The number of fused-ring (bicyclic) bond motifs is 1. The number of hydrogen-bond acceptors (Lipinski definition) is 7. The molecule has 0 radical (unpaired) electrons. The predicted octanol–water partition coefficient (Wildman–Crippen LogP) is 0.746. The molecule has 0 amide bonds. The maximum absolute atomic E-state index is 10.8. The van der Waals surface area contributed by atoms with Gasteiger partial charge in [-0.15, -0.1) is 0 Å². The normalized spacial score (nSPS) is 29.2. The van der Waals surface area contributed by atoms with Gasteiger partial charge in [0.2, 0.25) is 0 Å². The van der Waals surface area contributed by atoms with Gasteiger partial charge in [-0.2, -0.15) is 0 Å². The second kappa shape index (κ2) is 7.38. The van der Waals surface area contributed by atoms with Gasteiger partial charge in [0.25, 0.3) is 0 Å². The molecule has 26 heavy (non-hydrogen) atoms. The van der Waals surface area contributed by atoms with E-state index in [1.165, 1.54) is 0 Å². The molecule has 1 aromatic heterocycles. The summed E-state index contributed by atoms with van der Waals surface area (Å²) in [6.07, 6.45) is 1.69. The van der Waals surface area contributed by atoms with Crippen LogP contribution in [0.1, 0.15) is 25.5 Å². The molecule has 0 spiro atoms. The van der Waals surface area contributed by atoms with Crippen molar-refractivity contribution in [1.29, 1.82) is 0 Å². The maximum atomic E-state index is 10.8. The van der Waals surface area contributed by atoms with E-state index in [1.807, 2.05) is 0 Å². The molecule has 0 bridgehead atoms. The summed E-state index contributed by atoms with van der Waals surface area (Å²) >= 11 is 0.